The van der Waals surface area contributed by atoms with Gasteiger partial charge in [0.1, 0.15) is 0 Å². The van der Waals surface area contributed by atoms with E-state index >= 15 is 0 Å². The number of aryl methyl sites for hydroxylation is 2. The van der Waals surface area contributed by atoms with Gasteiger partial charge in [-0.05, 0) is 49.8 Å². The lowest BCUT2D eigenvalue weighted by Crippen LogP contribution is -2.28. The molecule has 3 N–H and O–H groups in total. The van der Waals surface area contributed by atoms with Crippen LogP contribution in [0.25, 0.3) is 0 Å². The van der Waals surface area contributed by atoms with Crippen molar-refractivity contribution in [2.45, 2.75) is 26.7 Å². The number of anilines is 1. The minimum absolute atomic E-state index is 0.0841. The smallest absolute Gasteiger partial charge is 0.251 e. The Labute approximate surface area is 114 Å². The molecule has 1 aliphatic rings. The molecule has 104 valence electrons. The SMILES string of the molecule is Cc1cc(C)c(C(=O)NCCOCC2CC2)cc1N. The number of nitrogen functional groups attached to an aromatic ring is 1. The van der Waals surface area contributed by atoms with Crippen LogP contribution in [0.15, 0.2) is 12.1 Å². The Morgan fingerprint density at radius 2 is 2.11 bits per heavy atom. The van der Waals surface area contributed by atoms with E-state index in [9.17, 15) is 4.79 Å². The summed E-state index contributed by atoms with van der Waals surface area (Å²) in [4.78, 5) is 12.0. The van der Waals surface area contributed by atoms with Crippen molar-refractivity contribution in [1.82, 2.24) is 5.32 Å². The van der Waals surface area contributed by atoms with Crippen LogP contribution in [0, 0.1) is 19.8 Å². The van der Waals surface area contributed by atoms with Crippen molar-refractivity contribution in [2.24, 2.45) is 5.92 Å². The highest BCUT2D eigenvalue weighted by Crippen LogP contribution is 2.28. The third kappa shape index (κ3) is 3.96. The molecule has 1 aromatic rings. The Kier molecular flexibility index (Phi) is 4.43. The van der Waals surface area contributed by atoms with Crippen molar-refractivity contribution in [2.75, 3.05) is 25.5 Å². The molecule has 0 atom stereocenters. The van der Waals surface area contributed by atoms with E-state index in [0.717, 1.165) is 23.7 Å². The maximum absolute atomic E-state index is 12.0. The lowest BCUT2D eigenvalue weighted by Gasteiger charge is -2.10. The average molecular weight is 262 g/mol. The molecule has 0 saturated heterocycles. The number of nitrogens with two attached hydrogens (primary N) is 1. The van der Waals surface area contributed by atoms with Crippen LogP contribution >= 0.6 is 0 Å². The van der Waals surface area contributed by atoms with Gasteiger partial charge in [-0.3, -0.25) is 4.79 Å². The predicted molar refractivity (Wildman–Crippen MR) is 76.2 cm³/mol. The third-order valence-corrected chi connectivity index (χ3v) is 3.44. The van der Waals surface area contributed by atoms with Gasteiger partial charge in [0.25, 0.3) is 5.91 Å². The second kappa shape index (κ2) is 6.06. The van der Waals surface area contributed by atoms with Gasteiger partial charge in [0.05, 0.1) is 6.61 Å². The summed E-state index contributed by atoms with van der Waals surface area (Å²) < 4.78 is 5.48. The first-order valence-electron chi connectivity index (χ1n) is 6.80. The van der Waals surface area contributed by atoms with Crippen LogP contribution in [0.3, 0.4) is 0 Å². The van der Waals surface area contributed by atoms with E-state index in [2.05, 4.69) is 5.32 Å². The summed E-state index contributed by atoms with van der Waals surface area (Å²) in [5.41, 5.74) is 9.09. The normalized spacial score (nSPS) is 14.4. The zero-order valence-electron chi connectivity index (χ0n) is 11.7. The molecular weight excluding hydrogens is 240 g/mol. The Bertz CT molecular complexity index is 467. The Hall–Kier alpha value is -1.55. The molecule has 0 aromatic heterocycles. The van der Waals surface area contributed by atoms with E-state index in [1.807, 2.05) is 19.9 Å². The van der Waals surface area contributed by atoms with Gasteiger partial charge in [-0.2, -0.15) is 0 Å². The second-order valence-electron chi connectivity index (χ2n) is 5.30. The highest BCUT2D eigenvalue weighted by Gasteiger charge is 2.20. The van der Waals surface area contributed by atoms with Crippen molar-refractivity contribution < 1.29 is 9.53 Å². The van der Waals surface area contributed by atoms with E-state index in [-0.39, 0.29) is 5.91 Å². The maximum Gasteiger partial charge on any atom is 0.251 e. The molecule has 1 aliphatic carbocycles. The van der Waals surface area contributed by atoms with E-state index in [0.29, 0.717) is 24.4 Å². The number of hydrogen-bond acceptors (Lipinski definition) is 3. The highest BCUT2D eigenvalue weighted by atomic mass is 16.5. The molecule has 4 heteroatoms. The number of amides is 1. The molecule has 1 fully saturated rings. The van der Waals surface area contributed by atoms with E-state index < -0.39 is 0 Å². The monoisotopic (exact) mass is 262 g/mol. The fraction of sp³-hybridized carbons (Fsp3) is 0.533. The fourth-order valence-electron chi connectivity index (χ4n) is 1.98. The second-order valence-corrected chi connectivity index (χ2v) is 5.30. The molecule has 0 heterocycles. The molecule has 1 amide bonds. The Morgan fingerprint density at radius 3 is 2.79 bits per heavy atom. The molecular formula is C15H22N2O2. The lowest BCUT2D eigenvalue weighted by atomic mass is 10.0. The third-order valence-electron chi connectivity index (χ3n) is 3.44. The summed E-state index contributed by atoms with van der Waals surface area (Å²) in [6.07, 6.45) is 2.57. The van der Waals surface area contributed by atoms with Crippen LogP contribution in [0.4, 0.5) is 5.69 Å². The highest BCUT2D eigenvalue weighted by molar-refractivity contribution is 5.96. The number of hydrogen-bond donors (Lipinski definition) is 2. The summed E-state index contributed by atoms with van der Waals surface area (Å²) in [5, 5.41) is 2.86. The number of carbonyl (C=O) groups excluding carboxylic acids is 1. The van der Waals surface area contributed by atoms with Gasteiger partial charge in [0.15, 0.2) is 0 Å². The summed E-state index contributed by atoms with van der Waals surface area (Å²) in [6, 6.07) is 3.68. The van der Waals surface area contributed by atoms with E-state index in [1.165, 1.54) is 12.8 Å². The number of benzene rings is 1. The van der Waals surface area contributed by atoms with Crippen molar-refractivity contribution in [1.29, 1.82) is 0 Å². The van der Waals surface area contributed by atoms with Gasteiger partial charge in [-0.25, -0.2) is 0 Å². The number of rotatable bonds is 6. The van der Waals surface area contributed by atoms with Gasteiger partial charge >= 0.3 is 0 Å². The minimum Gasteiger partial charge on any atom is -0.398 e. The van der Waals surface area contributed by atoms with E-state index in [4.69, 9.17) is 10.5 Å². The van der Waals surface area contributed by atoms with Gasteiger partial charge in [0.2, 0.25) is 0 Å². The minimum atomic E-state index is -0.0841. The summed E-state index contributed by atoms with van der Waals surface area (Å²) in [5.74, 6) is 0.675. The first-order chi connectivity index (χ1) is 9.08. The number of ether oxygens (including phenoxy) is 1. The Balaban J connectivity index is 1.79. The molecule has 2 rings (SSSR count). The largest absolute Gasteiger partial charge is 0.398 e. The first kappa shape index (κ1) is 13.9. The van der Waals surface area contributed by atoms with Gasteiger partial charge < -0.3 is 15.8 Å². The topological polar surface area (TPSA) is 64.3 Å². The van der Waals surface area contributed by atoms with Crippen LogP contribution in [0.1, 0.15) is 34.3 Å². The molecule has 0 radical (unpaired) electrons. The number of nitrogens with one attached hydrogen (secondary N) is 1. The quantitative estimate of drug-likeness (QED) is 0.609. The van der Waals surface area contributed by atoms with Crippen LogP contribution in [-0.2, 0) is 4.74 Å². The van der Waals surface area contributed by atoms with E-state index in [1.54, 1.807) is 6.07 Å². The zero-order valence-corrected chi connectivity index (χ0v) is 11.7. The first-order valence-corrected chi connectivity index (χ1v) is 6.80. The summed E-state index contributed by atoms with van der Waals surface area (Å²) in [7, 11) is 0. The predicted octanol–water partition coefficient (Wildman–Crippen LogP) is 2.04. The maximum atomic E-state index is 12.0. The molecule has 1 saturated carbocycles. The van der Waals surface area contributed by atoms with Crippen molar-refractivity contribution in [3.05, 3.63) is 28.8 Å². The molecule has 0 unspecified atom stereocenters. The molecule has 1 aromatic carbocycles. The van der Waals surface area contributed by atoms with Gasteiger partial charge in [-0.1, -0.05) is 6.07 Å². The van der Waals surface area contributed by atoms with Crippen LogP contribution in [-0.4, -0.2) is 25.7 Å². The van der Waals surface area contributed by atoms with Crippen LogP contribution < -0.4 is 11.1 Å². The molecule has 19 heavy (non-hydrogen) atoms. The van der Waals surface area contributed by atoms with Crippen molar-refractivity contribution >= 4 is 11.6 Å². The number of carbonyl (C=O) groups is 1. The van der Waals surface area contributed by atoms with Crippen molar-refractivity contribution in [3.63, 3.8) is 0 Å². The van der Waals surface area contributed by atoms with Gasteiger partial charge in [-0.15, -0.1) is 0 Å². The van der Waals surface area contributed by atoms with Crippen LogP contribution in [0.5, 0.6) is 0 Å². The lowest BCUT2D eigenvalue weighted by molar-refractivity contribution is 0.0906. The summed E-state index contributed by atoms with van der Waals surface area (Å²) in [6.45, 7) is 5.80. The van der Waals surface area contributed by atoms with Crippen LogP contribution in [0.2, 0.25) is 0 Å². The fourth-order valence-corrected chi connectivity index (χ4v) is 1.98. The average Bonchev–Trinajstić information content (AvgIpc) is 3.17. The molecule has 0 bridgehead atoms. The molecule has 0 spiro atoms. The van der Waals surface area contributed by atoms with Gasteiger partial charge in [0, 0.05) is 24.4 Å². The zero-order chi connectivity index (χ0) is 13.8. The standard InChI is InChI=1S/C15H22N2O2/c1-10-7-11(2)14(16)8-13(10)15(18)17-5-6-19-9-12-3-4-12/h7-8,12H,3-6,9,16H2,1-2H3,(H,17,18). The molecule has 0 aliphatic heterocycles. The Morgan fingerprint density at radius 1 is 1.37 bits per heavy atom. The molecule has 4 nitrogen and oxygen atoms in total. The summed E-state index contributed by atoms with van der Waals surface area (Å²) >= 11 is 0. The van der Waals surface area contributed by atoms with Crippen molar-refractivity contribution in [3.8, 4) is 0 Å².